The Morgan fingerprint density at radius 2 is 2.25 bits per heavy atom. The third kappa shape index (κ3) is 3.13. The minimum atomic E-state index is 0.324. The Morgan fingerprint density at radius 3 is 2.90 bits per heavy atom. The second kappa shape index (κ2) is 5.70. The Kier molecular flexibility index (Phi) is 3.94. The molecule has 1 aliphatic rings. The van der Waals surface area contributed by atoms with E-state index in [4.69, 9.17) is 11.6 Å². The molecule has 0 bridgehead atoms. The maximum Gasteiger partial charge on any atom is 0.137 e. The van der Waals surface area contributed by atoms with Gasteiger partial charge in [0, 0.05) is 28.8 Å². The first-order valence-corrected chi connectivity index (χ1v) is 8.22. The van der Waals surface area contributed by atoms with Gasteiger partial charge in [0.2, 0.25) is 0 Å². The van der Waals surface area contributed by atoms with E-state index in [9.17, 15) is 0 Å². The number of hydrogen-bond acceptors (Lipinski definition) is 4. The van der Waals surface area contributed by atoms with Crippen molar-refractivity contribution in [1.82, 2.24) is 9.97 Å². The lowest BCUT2D eigenvalue weighted by molar-refractivity contribution is 0.785. The number of hydrogen-bond donors (Lipinski definition) is 1. The third-order valence-corrected chi connectivity index (χ3v) is 4.78. The molecule has 20 heavy (non-hydrogen) atoms. The van der Waals surface area contributed by atoms with Crippen LogP contribution in [0.5, 0.6) is 0 Å². The molecule has 1 atom stereocenters. The zero-order valence-corrected chi connectivity index (χ0v) is 13.3. The van der Waals surface area contributed by atoms with Gasteiger partial charge >= 0.3 is 0 Å². The Hall–Kier alpha value is -1.13. The van der Waals surface area contributed by atoms with E-state index in [0.29, 0.717) is 17.1 Å². The fourth-order valence-corrected chi connectivity index (χ4v) is 3.20. The second-order valence-electron chi connectivity index (χ2n) is 5.45. The highest BCUT2D eigenvalue weighted by molar-refractivity contribution is 7.09. The van der Waals surface area contributed by atoms with Crippen LogP contribution in [0.1, 0.15) is 41.9 Å². The monoisotopic (exact) mass is 307 g/mol. The predicted molar refractivity (Wildman–Crippen MR) is 84.9 cm³/mol. The lowest BCUT2D eigenvalue weighted by atomic mass is 10.2. The van der Waals surface area contributed by atoms with Gasteiger partial charge in [-0.2, -0.15) is 0 Å². The fourth-order valence-electron chi connectivity index (χ4n) is 2.19. The molecular weight excluding hydrogens is 290 g/mol. The molecule has 2 heterocycles. The number of anilines is 1. The molecule has 1 unspecified atom stereocenters. The van der Waals surface area contributed by atoms with Crippen molar-refractivity contribution in [2.24, 2.45) is 0 Å². The molecule has 2 aromatic rings. The molecule has 1 aliphatic carbocycles. The maximum atomic E-state index is 6.23. The summed E-state index contributed by atoms with van der Waals surface area (Å²) in [6, 6.07) is 4.58. The van der Waals surface area contributed by atoms with Crippen LogP contribution in [-0.2, 0) is 6.42 Å². The topological polar surface area (TPSA) is 37.8 Å². The first-order valence-electron chi connectivity index (χ1n) is 6.96. The van der Waals surface area contributed by atoms with Gasteiger partial charge in [-0.25, -0.2) is 9.97 Å². The van der Waals surface area contributed by atoms with Crippen LogP contribution in [0.3, 0.4) is 0 Å². The van der Waals surface area contributed by atoms with Crippen LogP contribution in [0.2, 0.25) is 5.15 Å². The van der Waals surface area contributed by atoms with Crippen LogP contribution >= 0.6 is 22.9 Å². The summed E-state index contributed by atoms with van der Waals surface area (Å²) in [7, 11) is 0. The van der Waals surface area contributed by atoms with Gasteiger partial charge in [-0.3, -0.25) is 0 Å². The Morgan fingerprint density at radius 1 is 1.45 bits per heavy atom. The molecule has 0 amide bonds. The van der Waals surface area contributed by atoms with Crippen molar-refractivity contribution in [1.29, 1.82) is 0 Å². The summed E-state index contributed by atoms with van der Waals surface area (Å²) in [5, 5.41) is 6.17. The third-order valence-electron chi connectivity index (χ3n) is 3.52. The highest BCUT2D eigenvalue weighted by Crippen LogP contribution is 2.39. The van der Waals surface area contributed by atoms with E-state index >= 15 is 0 Å². The highest BCUT2D eigenvalue weighted by Gasteiger charge is 2.28. The molecule has 0 radical (unpaired) electrons. The Balaban J connectivity index is 1.75. The number of thiophene rings is 1. The largest absolute Gasteiger partial charge is 0.367 e. The predicted octanol–water partition coefficient (Wildman–Crippen LogP) is 4.42. The van der Waals surface area contributed by atoms with Crippen LogP contribution in [0.4, 0.5) is 5.82 Å². The maximum absolute atomic E-state index is 6.23. The summed E-state index contributed by atoms with van der Waals surface area (Å²) >= 11 is 8.02. The van der Waals surface area contributed by atoms with Crippen molar-refractivity contribution in [3.63, 3.8) is 0 Å². The molecular formula is C15H18ClN3S. The zero-order valence-electron chi connectivity index (χ0n) is 11.7. The highest BCUT2D eigenvalue weighted by atomic mass is 35.5. The number of nitrogens with one attached hydrogen (secondary N) is 1. The molecule has 1 fully saturated rings. The van der Waals surface area contributed by atoms with Gasteiger partial charge in [0.05, 0.1) is 0 Å². The molecule has 1 N–H and O–H groups in total. The number of nitrogens with zero attached hydrogens (tertiary/aromatic N) is 2. The molecule has 5 heteroatoms. The second-order valence-corrected chi connectivity index (χ2v) is 6.84. The molecule has 2 aromatic heterocycles. The summed E-state index contributed by atoms with van der Waals surface area (Å²) in [5.41, 5.74) is 0.939. The lowest BCUT2D eigenvalue weighted by Gasteiger charge is -2.16. The van der Waals surface area contributed by atoms with Gasteiger partial charge in [-0.05, 0) is 38.1 Å². The Bertz CT molecular complexity index is 593. The van der Waals surface area contributed by atoms with E-state index in [0.717, 1.165) is 23.6 Å². The molecule has 0 spiro atoms. The molecule has 3 nitrogen and oxygen atoms in total. The summed E-state index contributed by atoms with van der Waals surface area (Å²) in [5.74, 6) is 2.30. The molecule has 106 valence electrons. The summed E-state index contributed by atoms with van der Waals surface area (Å²) in [4.78, 5) is 10.4. The quantitative estimate of drug-likeness (QED) is 0.831. The SMILES string of the molecule is Cc1c(Cl)nc(C2CC2)nc1NC(C)Cc1cccs1. The van der Waals surface area contributed by atoms with Crippen molar-refractivity contribution < 1.29 is 0 Å². The van der Waals surface area contributed by atoms with Gasteiger partial charge in [0.25, 0.3) is 0 Å². The Labute approximate surface area is 128 Å². The van der Waals surface area contributed by atoms with Crippen molar-refractivity contribution in [2.75, 3.05) is 5.32 Å². The molecule has 0 saturated heterocycles. The van der Waals surface area contributed by atoms with E-state index in [2.05, 4.69) is 39.7 Å². The van der Waals surface area contributed by atoms with Crippen LogP contribution in [-0.4, -0.2) is 16.0 Å². The average Bonchev–Trinajstić information content (AvgIpc) is 3.14. The van der Waals surface area contributed by atoms with E-state index in [-0.39, 0.29) is 0 Å². The molecule has 1 saturated carbocycles. The number of aromatic nitrogens is 2. The normalized spacial score (nSPS) is 16.1. The van der Waals surface area contributed by atoms with Crippen LogP contribution in [0, 0.1) is 6.92 Å². The van der Waals surface area contributed by atoms with Crippen molar-refractivity contribution in [3.05, 3.63) is 38.9 Å². The summed E-state index contributed by atoms with van der Waals surface area (Å²) < 4.78 is 0. The standard InChI is InChI=1S/C15H18ClN3S/c1-9(8-12-4-3-7-20-12)17-14-10(2)13(16)18-15(19-14)11-5-6-11/h3-4,7,9,11H,5-6,8H2,1-2H3,(H,17,18,19). The van der Waals surface area contributed by atoms with E-state index in [1.54, 1.807) is 11.3 Å². The van der Waals surface area contributed by atoms with Crippen LogP contribution in [0.15, 0.2) is 17.5 Å². The first-order chi connectivity index (χ1) is 9.63. The number of halogens is 1. The van der Waals surface area contributed by atoms with Gasteiger partial charge in [-0.15, -0.1) is 11.3 Å². The lowest BCUT2D eigenvalue weighted by Crippen LogP contribution is -2.20. The smallest absolute Gasteiger partial charge is 0.137 e. The van der Waals surface area contributed by atoms with Gasteiger partial charge in [0.15, 0.2) is 0 Å². The van der Waals surface area contributed by atoms with Crippen LogP contribution in [0.25, 0.3) is 0 Å². The van der Waals surface area contributed by atoms with E-state index in [1.807, 2.05) is 6.92 Å². The zero-order chi connectivity index (χ0) is 14.1. The van der Waals surface area contributed by atoms with E-state index in [1.165, 1.54) is 17.7 Å². The fraction of sp³-hybridized carbons (Fsp3) is 0.467. The molecule has 0 aromatic carbocycles. The summed E-state index contributed by atoms with van der Waals surface area (Å²) in [6.45, 7) is 4.14. The minimum Gasteiger partial charge on any atom is -0.367 e. The van der Waals surface area contributed by atoms with Crippen LogP contribution < -0.4 is 5.32 Å². The van der Waals surface area contributed by atoms with Crippen molar-refractivity contribution in [3.8, 4) is 0 Å². The first kappa shape index (κ1) is 13.8. The van der Waals surface area contributed by atoms with Gasteiger partial charge in [-0.1, -0.05) is 17.7 Å². The van der Waals surface area contributed by atoms with Gasteiger partial charge in [0.1, 0.15) is 16.8 Å². The minimum absolute atomic E-state index is 0.324. The molecule has 3 rings (SSSR count). The van der Waals surface area contributed by atoms with Gasteiger partial charge < -0.3 is 5.32 Å². The van der Waals surface area contributed by atoms with Crippen molar-refractivity contribution in [2.45, 2.75) is 45.1 Å². The summed E-state index contributed by atoms with van der Waals surface area (Å²) in [6.07, 6.45) is 3.37. The number of rotatable bonds is 5. The average molecular weight is 308 g/mol. The molecule has 0 aliphatic heterocycles. The van der Waals surface area contributed by atoms with E-state index < -0.39 is 0 Å². The van der Waals surface area contributed by atoms with Crippen molar-refractivity contribution >= 4 is 28.8 Å².